The first-order chi connectivity index (χ1) is 16.4. The molecule has 0 fully saturated rings. The lowest BCUT2D eigenvalue weighted by Gasteiger charge is -2.37. The van der Waals surface area contributed by atoms with E-state index in [1.165, 1.54) is 0 Å². The molecule has 5 heterocycles. The number of ether oxygens (including phenoxy) is 4. The van der Waals surface area contributed by atoms with Crippen LogP contribution in [0, 0.1) is 0 Å². The molecule has 0 saturated heterocycles. The Labute approximate surface area is 195 Å². The van der Waals surface area contributed by atoms with E-state index in [0.717, 1.165) is 16.5 Å². The van der Waals surface area contributed by atoms with Crippen molar-refractivity contribution in [3.8, 4) is 22.9 Å². The van der Waals surface area contributed by atoms with E-state index in [0.29, 0.717) is 52.5 Å². The SMILES string of the molecule is CC[C@@]1(OC(C)C)C(=O)OCc2c1cc1n(c2=O)Cc2c-1nc1cc3c(cc1c2CN)OCO3. The smallest absolute Gasteiger partial charge is 0.343 e. The molecule has 0 aliphatic carbocycles. The van der Waals surface area contributed by atoms with E-state index < -0.39 is 11.6 Å². The normalized spacial score (nSPS) is 19.9. The third kappa shape index (κ3) is 2.71. The fourth-order valence-corrected chi connectivity index (χ4v) is 5.37. The number of carbonyl (C=O) groups is 1. The number of nitrogens with zero attached hydrogens (tertiary/aromatic N) is 2. The first kappa shape index (κ1) is 21.1. The van der Waals surface area contributed by atoms with Gasteiger partial charge in [-0.3, -0.25) is 4.79 Å². The summed E-state index contributed by atoms with van der Waals surface area (Å²) in [5.74, 6) is 0.809. The summed E-state index contributed by atoms with van der Waals surface area (Å²) in [7, 11) is 0. The Bertz CT molecular complexity index is 1440. The van der Waals surface area contributed by atoms with Gasteiger partial charge in [-0.15, -0.1) is 0 Å². The van der Waals surface area contributed by atoms with Crippen LogP contribution in [0.3, 0.4) is 0 Å². The summed E-state index contributed by atoms with van der Waals surface area (Å²) in [6.45, 7) is 6.30. The molecular formula is C25H25N3O6. The van der Waals surface area contributed by atoms with Gasteiger partial charge in [-0.25, -0.2) is 9.78 Å². The molecule has 3 aromatic rings. The van der Waals surface area contributed by atoms with Crippen LogP contribution in [0.1, 0.15) is 49.4 Å². The second-order valence-corrected chi connectivity index (χ2v) is 9.08. The molecule has 2 N–H and O–H groups in total. The molecule has 0 saturated carbocycles. The predicted molar refractivity (Wildman–Crippen MR) is 123 cm³/mol. The minimum Gasteiger partial charge on any atom is -0.458 e. The first-order valence-corrected chi connectivity index (χ1v) is 11.5. The standard InChI is InChI=1S/C25H25N3O6/c1-4-25(34-12(2)3)17-6-19-22-15(9-28(19)23(29)16(17)10-31-24(25)30)14(8-26)13-5-20-21(33-11-32-20)7-18(13)27-22/h5-7,12H,4,8-11,26H2,1-3H3/t25-/m0/s1. The van der Waals surface area contributed by atoms with Crippen molar-refractivity contribution in [2.75, 3.05) is 6.79 Å². The van der Waals surface area contributed by atoms with Crippen molar-refractivity contribution >= 4 is 16.9 Å². The first-order valence-electron chi connectivity index (χ1n) is 11.5. The summed E-state index contributed by atoms with van der Waals surface area (Å²) in [6.07, 6.45) is 0.104. The molecular weight excluding hydrogens is 438 g/mol. The maximum Gasteiger partial charge on any atom is 0.343 e. The highest BCUT2D eigenvalue weighted by Gasteiger charge is 2.48. The Morgan fingerprint density at radius 2 is 1.91 bits per heavy atom. The Balaban J connectivity index is 1.63. The van der Waals surface area contributed by atoms with Gasteiger partial charge in [0.15, 0.2) is 17.1 Å². The van der Waals surface area contributed by atoms with Gasteiger partial charge in [-0.1, -0.05) is 6.92 Å². The lowest BCUT2D eigenvalue weighted by Crippen LogP contribution is -2.47. The number of nitrogens with two attached hydrogens (primary N) is 1. The van der Waals surface area contributed by atoms with Gasteiger partial charge in [0, 0.05) is 29.1 Å². The molecule has 34 heavy (non-hydrogen) atoms. The van der Waals surface area contributed by atoms with Crippen LogP contribution in [0.4, 0.5) is 0 Å². The molecule has 2 aromatic heterocycles. The zero-order valence-electron chi connectivity index (χ0n) is 19.3. The highest BCUT2D eigenvalue weighted by Crippen LogP contribution is 2.44. The summed E-state index contributed by atoms with van der Waals surface area (Å²) in [4.78, 5) is 31.5. The minimum atomic E-state index is -1.33. The molecule has 176 valence electrons. The molecule has 3 aliphatic rings. The zero-order valence-corrected chi connectivity index (χ0v) is 19.3. The molecule has 0 spiro atoms. The Hall–Kier alpha value is -3.43. The number of fused-ring (bicyclic) bond motifs is 6. The van der Waals surface area contributed by atoms with Crippen molar-refractivity contribution in [3.63, 3.8) is 0 Å². The Kier molecular flexibility index (Phi) is 4.53. The van der Waals surface area contributed by atoms with Crippen molar-refractivity contribution in [2.45, 2.75) is 58.6 Å². The molecule has 1 aromatic carbocycles. The van der Waals surface area contributed by atoms with Gasteiger partial charge in [0.2, 0.25) is 6.79 Å². The van der Waals surface area contributed by atoms with E-state index in [2.05, 4.69) is 0 Å². The molecule has 9 heteroatoms. The van der Waals surface area contributed by atoms with Gasteiger partial charge in [0.1, 0.15) is 6.61 Å². The van der Waals surface area contributed by atoms with Gasteiger partial charge in [-0.2, -0.15) is 0 Å². The topological polar surface area (TPSA) is 115 Å². The summed E-state index contributed by atoms with van der Waals surface area (Å²) < 4.78 is 24.3. The summed E-state index contributed by atoms with van der Waals surface area (Å²) in [6, 6.07) is 5.61. The van der Waals surface area contributed by atoms with Crippen LogP contribution in [-0.2, 0) is 39.6 Å². The maximum atomic E-state index is 13.6. The number of hydrogen-bond donors (Lipinski definition) is 1. The van der Waals surface area contributed by atoms with Gasteiger partial charge < -0.3 is 29.2 Å². The van der Waals surface area contributed by atoms with E-state index in [1.807, 2.05) is 39.0 Å². The quantitative estimate of drug-likeness (QED) is 0.460. The van der Waals surface area contributed by atoms with Crippen LogP contribution in [-0.4, -0.2) is 28.4 Å². The summed E-state index contributed by atoms with van der Waals surface area (Å²) >= 11 is 0. The van der Waals surface area contributed by atoms with Gasteiger partial charge in [-0.05, 0) is 38.0 Å². The average Bonchev–Trinajstić information content (AvgIpc) is 3.42. The number of carbonyl (C=O) groups excluding carboxylic acids is 1. The molecule has 0 radical (unpaired) electrons. The number of esters is 1. The number of benzene rings is 1. The lowest BCUT2D eigenvalue weighted by atomic mass is 9.85. The highest BCUT2D eigenvalue weighted by molar-refractivity contribution is 5.91. The van der Waals surface area contributed by atoms with E-state index in [1.54, 1.807) is 4.57 Å². The number of cyclic esters (lactones) is 1. The second-order valence-electron chi connectivity index (χ2n) is 9.08. The van der Waals surface area contributed by atoms with Crippen molar-refractivity contribution in [2.24, 2.45) is 5.73 Å². The van der Waals surface area contributed by atoms with Crippen molar-refractivity contribution in [1.82, 2.24) is 9.55 Å². The maximum absolute atomic E-state index is 13.6. The highest BCUT2D eigenvalue weighted by atomic mass is 16.7. The molecule has 0 bridgehead atoms. The van der Waals surface area contributed by atoms with E-state index in [4.69, 9.17) is 29.7 Å². The monoisotopic (exact) mass is 463 g/mol. The molecule has 0 amide bonds. The Morgan fingerprint density at radius 1 is 1.15 bits per heavy atom. The van der Waals surface area contributed by atoms with E-state index in [-0.39, 0.29) is 31.6 Å². The zero-order chi connectivity index (χ0) is 23.8. The lowest BCUT2D eigenvalue weighted by molar-refractivity contribution is -0.187. The van der Waals surface area contributed by atoms with Crippen molar-refractivity contribution in [3.05, 3.63) is 50.8 Å². The largest absolute Gasteiger partial charge is 0.458 e. The van der Waals surface area contributed by atoms with Crippen molar-refractivity contribution in [1.29, 1.82) is 0 Å². The van der Waals surface area contributed by atoms with Crippen LogP contribution in [0.25, 0.3) is 22.3 Å². The number of rotatable bonds is 4. The van der Waals surface area contributed by atoms with Crippen LogP contribution >= 0.6 is 0 Å². The fraction of sp³-hybridized carbons (Fsp3) is 0.400. The summed E-state index contributed by atoms with van der Waals surface area (Å²) in [5.41, 5.74) is 9.50. The minimum absolute atomic E-state index is 0.0760. The van der Waals surface area contributed by atoms with Crippen LogP contribution < -0.4 is 20.8 Å². The van der Waals surface area contributed by atoms with Gasteiger partial charge >= 0.3 is 5.97 Å². The molecule has 1 atom stereocenters. The number of hydrogen-bond acceptors (Lipinski definition) is 8. The number of pyridine rings is 2. The van der Waals surface area contributed by atoms with E-state index in [9.17, 15) is 9.59 Å². The Morgan fingerprint density at radius 3 is 2.62 bits per heavy atom. The van der Waals surface area contributed by atoms with Crippen LogP contribution in [0.5, 0.6) is 11.5 Å². The van der Waals surface area contributed by atoms with Gasteiger partial charge in [0.05, 0.1) is 35.1 Å². The second kappa shape index (κ2) is 7.28. The van der Waals surface area contributed by atoms with E-state index >= 15 is 0 Å². The molecule has 6 rings (SSSR count). The predicted octanol–water partition coefficient (Wildman–Crippen LogP) is 2.70. The van der Waals surface area contributed by atoms with Crippen LogP contribution in [0.15, 0.2) is 23.0 Å². The van der Waals surface area contributed by atoms with Gasteiger partial charge in [0.25, 0.3) is 5.56 Å². The third-order valence-electron chi connectivity index (χ3n) is 6.91. The third-order valence-corrected chi connectivity index (χ3v) is 6.91. The number of aromatic nitrogens is 2. The summed E-state index contributed by atoms with van der Waals surface area (Å²) in [5, 5.41) is 0.876. The van der Waals surface area contributed by atoms with Crippen molar-refractivity contribution < 1.29 is 23.7 Å². The molecule has 0 unspecified atom stereocenters. The fourth-order valence-electron chi connectivity index (χ4n) is 5.37. The molecule has 9 nitrogen and oxygen atoms in total. The van der Waals surface area contributed by atoms with Crippen LogP contribution in [0.2, 0.25) is 0 Å². The average molecular weight is 463 g/mol. The molecule has 3 aliphatic heterocycles.